The molecule has 2 saturated heterocycles. The summed E-state index contributed by atoms with van der Waals surface area (Å²) < 4.78 is 5.26. The van der Waals surface area contributed by atoms with Crippen LogP contribution in [-0.2, 0) is 9.59 Å². The van der Waals surface area contributed by atoms with Crippen molar-refractivity contribution in [1.29, 1.82) is 0 Å². The van der Waals surface area contributed by atoms with Crippen LogP contribution in [0.5, 0.6) is 5.88 Å². The van der Waals surface area contributed by atoms with Gasteiger partial charge in [-0.25, -0.2) is 9.97 Å². The van der Waals surface area contributed by atoms with Gasteiger partial charge in [0.15, 0.2) is 0 Å². The third-order valence-corrected chi connectivity index (χ3v) is 5.83. The Bertz CT molecular complexity index is 690. The number of aromatic nitrogens is 2. The Kier molecular flexibility index (Phi) is 5.13. The van der Waals surface area contributed by atoms with Crippen LogP contribution in [0.2, 0.25) is 0 Å². The Morgan fingerprint density at radius 1 is 1.19 bits per heavy atom. The van der Waals surface area contributed by atoms with Crippen LogP contribution in [0.15, 0.2) is 12.4 Å². The number of hydrogen-bond donors (Lipinski definition) is 1. The molecule has 1 atom stereocenters. The van der Waals surface area contributed by atoms with Crippen LogP contribution < -0.4 is 15.0 Å². The molecule has 2 aliphatic heterocycles. The molecule has 3 aliphatic rings. The number of amides is 2. The summed E-state index contributed by atoms with van der Waals surface area (Å²) in [4.78, 5) is 37.0. The van der Waals surface area contributed by atoms with E-state index in [4.69, 9.17) is 4.74 Å². The lowest BCUT2D eigenvalue weighted by Gasteiger charge is -2.40. The highest BCUT2D eigenvalue weighted by molar-refractivity contribution is 5.83. The minimum atomic E-state index is -0.0649. The molecule has 1 N–H and O–H groups in total. The van der Waals surface area contributed by atoms with Crippen molar-refractivity contribution in [1.82, 2.24) is 20.2 Å². The molecule has 1 aromatic heterocycles. The molecular weight excluding hydrogens is 346 g/mol. The molecule has 8 nitrogen and oxygen atoms in total. The molecule has 3 fully saturated rings. The fourth-order valence-electron chi connectivity index (χ4n) is 4.17. The van der Waals surface area contributed by atoms with Crippen LogP contribution in [-0.4, -0.2) is 65.5 Å². The fraction of sp³-hybridized carbons (Fsp3) is 0.684. The van der Waals surface area contributed by atoms with Crippen molar-refractivity contribution in [3.05, 3.63) is 12.4 Å². The van der Waals surface area contributed by atoms with Crippen molar-refractivity contribution in [2.75, 3.05) is 31.6 Å². The van der Waals surface area contributed by atoms with Gasteiger partial charge in [-0.1, -0.05) is 0 Å². The van der Waals surface area contributed by atoms with E-state index < -0.39 is 0 Å². The van der Waals surface area contributed by atoms with Gasteiger partial charge in [-0.05, 0) is 32.1 Å². The van der Waals surface area contributed by atoms with Gasteiger partial charge in [0, 0.05) is 44.2 Å². The average Bonchev–Trinajstić information content (AvgIpc) is 3.54. The molecule has 2 amide bonds. The second-order valence-electron chi connectivity index (χ2n) is 7.65. The fourth-order valence-corrected chi connectivity index (χ4v) is 4.17. The molecule has 146 valence electrons. The molecular formula is C19H27N5O3. The number of nitrogens with one attached hydrogen (secondary N) is 1. The highest BCUT2D eigenvalue weighted by Crippen LogP contribution is 2.36. The van der Waals surface area contributed by atoms with Crippen molar-refractivity contribution in [2.45, 2.75) is 50.6 Å². The lowest BCUT2D eigenvalue weighted by Crippen LogP contribution is -2.51. The SMILES string of the molecule is COc1cc(N(C2CC2)C2CCN(C(=O)C3CCC(=O)NC3)CC2)ncn1. The summed E-state index contributed by atoms with van der Waals surface area (Å²) >= 11 is 0. The van der Waals surface area contributed by atoms with E-state index in [-0.39, 0.29) is 17.7 Å². The maximum Gasteiger partial charge on any atom is 0.227 e. The van der Waals surface area contributed by atoms with Gasteiger partial charge in [0.2, 0.25) is 17.7 Å². The second-order valence-corrected chi connectivity index (χ2v) is 7.65. The number of hydrogen-bond acceptors (Lipinski definition) is 6. The average molecular weight is 373 g/mol. The smallest absolute Gasteiger partial charge is 0.227 e. The van der Waals surface area contributed by atoms with Crippen molar-refractivity contribution in [3.63, 3.8) is 0 Å². The lowest BCUT2D eigenvalue weighted by molar-refractivity contribution is -0.138. The molecule has 1 saturated carbocycles. The molecule has 1 unspecified atom stereocenters. The third kappa shape index (κ3) is 3.99. The number of nitrogens with zero attached hydrogens (tertiary/aromatic N) is 4. The van der Waals surface area contributed by atoms with Gasteiger partial charge in [0.25, 0.3) is 0 Å². The van der Waals surface area contributed by atoms with Crippen molar-refractivity contribution >= 4 is 17.6 Å². The van der Waals surface area contributed by atoms with E-state index in [0.29, 0.717) is 37.4 Å². The molecule has 8 heteroatoms. The van der Waals surface area contributed by atoms with Crippen LogP contribution in [0.1, 0.15) is 38.5 Å². The van der Waals surface area contributed by atoms with Crippen molar-refractivity contribution in [3.8, 4) is 5.88 Å². The molecule has 0 aromatic carbocycles. The molecule has 1 aliphatic carbocycles. The normalized spacial score (nSPS) is 23.7. The van der Waals surface area contributed by atoms with Gasteiger partial charge in [0.1, 0.15) is 12.1 Å². The summed E-state index contributed by atoms with van der Waals surface area (Å²) in [5.41, 5.74) is 0. The van der Waals surface area contributed by atoms with Crippen molar-refractivity contribution in [2.24, 2.45) is 5.92 Å². The third-order valence-electron chi connectivity index (χ3n) is 5.83. The molecule has 0 bridgehead atoms. The quantitative estimate of drug-likeness (QED) is 0.828. The maximum atomic E-state index is 12.8. The summed E-state index contributed by atoms with van der Waals surface area (Å²) in [5.74, 6) is 1.68. The number of carbonyl (C=O) groups excluding carboxylic acids is 2. The summed E-state index contributed by atoms with van der Waals surface area (Å²) in [6.07, 6.45) is 6.93. The summed E-state index contributed by atoms with van der Waals surface area (Å²) in [5, 5.41) is 2.81. The van der Waals surface area contributed by atoms with E-state index in [9.17, 15) is 9.59 Å². The van der Waals surface area contributed by atoms with E-state index in [2.05, 4.69) is 20.2 Å². The van der Waals surface area contributed by atoms with Gasteiger partial charge < -0.3 is 19.9 Å². The van der Waals surface area contributed by atoms with Crippen LogP contribution in [0.25, 0.3) is 0 Å². The minimum Gasteiger partial charge on any atom is -0.481 e. The largest absolute Gasteiger partial charge is 0.481 e. The second kappa shape index (κ2) is 7.70. The predicted octanol–water partition coefficient (Wildman–Crippen LogP) is 0.971. The number of rotatable bonds is 5. The number of likely N-dealkylation sites (tertiary alicyclic amines) is 1. The zero-order chi connectivity index (χ0) is 18.8. The van der Waals surface area contributed by atoms with Crippen LogP contribution >= 0.6 is 0 Å². The Hall–Kier alpha value is -2.38. The molecule has 3 heterocycles. The van der Waals surface area contributed by atoms with Gasteiger partial charge in [-0.15, -0.1) is 0 Å². The van der Waals surface area contributed by atoms with E-state index in [1.54, 1.807) is 13.4 Å². The highest BCUT2D eigenvalue weighted by Gasteiger charge is 2.38. The van der Waals surface area contributed by atoms with Gasteiger partial charge in [0.05, 0.1) is 13.0 Å². The van der Waals surface area contributed by atoms with Gasteiger partial charge in [-0.2, -0.15) is 0 Å². The highest BCUT2D eigenvalue weighted by atomic mass is 16.5. The first-order valence-electron chi connectivity index (χ1n) is 9.85. The first kappa shape index (κ1) is 18.0. The standard InChI is InChI=1S/C19H27N5O3/c1-27-18-10-16(21-12-22-18)24(14-3-4-14)15-6-8-23(9-7-15)19(26)13-2-5-17(25)20-11-13/h10,12-15H,2-9,11H2,1H3,(H,20,25). The van der Waals surface area contributed by atoms with Crippen molar-refractivity contribution < 1.29 is 14.3 Å². The van der Waals surface area contributed by atoms with Gasteiger partial charge >= 0.3 is 0 Å². The van der Waals surface area contributed by atoms with Crippen LogP contribution in [0, 0.1) is 5.92 Å². The van der Waals surface area contributed by atoms with Crippen LogP contribution in [0.4, 0.5) is 5.82 Å². The zero-order valence-corrected chi connectivity index (χ0v) is 15.8. The number of piperidine rings is 2. The van der Waals surface area contributed by atoms with Gasteiger partial charge in [-0.3, -0.25) is 9.59 Å². The predicted molar refractivity (Wildman–Crippen MR) is 99.4 cm³/mol. The van der Waals surface area contributed by atoms with E-state index in [1.807, 2.05) is 11.0 Å². The number of carbonyl (C=O) groups is 2. The molecule has 0 spiro atoms. The Balaban J connectivity index is 1.38. The lowest BCUT2D eigenvalue weighted by atomic mass is 9.95. The first-order valence-corrected chi connectivity index (χ1v) is 9.85. The van der Waals surface area contributed by atoms with E-state index in [1.165, 1.54) is 12.8 Å². The van der Waals surface area contributed by atoms with E-state index in [0.717, 1.165) is 31.7 Å². The Morgan fingerprint density at radius 2 is 1.93 bits per heavy atom. The first-order chi connectivity index (χ1) is 13.2. The topological polar surface area (TPSA) is 87.7 Å². The number of ether oxygens (including phenoxy) is 1. The molecule has 4 rings (SSSR count). The molecule has 0 radical (unpaired) electrons. The summed E-state index contributed by atoms with van der Waals surface area (Å²) in [7, 11) is 1.62. The summed E-state index contributed by atoms with van der Waals surface area (Å²) in [6.45, 7) is 2.01. The summed E-state index contributed by atoms with van der Waals surface area (Å²) in [6, 6.07) is 2.82. The van der Waals surface area contributed by atoms with E-state index >= 15 is 0 Å². The minimum absolute atomic E-state index is 0.0538. The molecule has 27 heavy (non-hydrogen) atoms. The molecule has 1 aromatic rings. The van der Waals surface area contributed by atoms with Crippen LogP contribution in [0.3, 0.4) is 0 Å². The Labute approximate surface area is 159 Å². The Morgan fingerprint density at radius 3 is 2.56 bits per heavy atom. The number of anilines is 1. The maximum absolute atomic E-state index is 12.8. The zero-order valence-electron chi connectivity index (χ0n) is 15.8. The number of methoxy groups -OCH3 is 1. The monoisotopic (exact) mass is 373 g/mol.